The standard InChI is InChI=1S/C13H17NO5S/c15-12-5-2-6-14(8-12)20(18,19)9-10-3-1-4-11(7-10)13(16)17/h1,3-4,7,12,15H,2,5-6,8-9H2,(H,16,17). The average Bonchev–Trinajstić information content (AvgIpc) is 2.38. The largest absolute Gasteiger partial charge is 0.478 e. The van der Waals surface area contributed by atoms with E-state index >= 15 is 0 Å². The Balaban J connectivity index is 2.15. The fraction of sp³-hybridized carbons (Fsp3) is 0.462. The van der Waals surface area contributed by atoms with Gasteiger partial charge in [0, 0.05) is 13.1 Å². The van der Waals surface area contributed by atoms with E-state index in [1.807, 2.05) is 0 Å². The number of aliphatic hydroxyl groups excluding tert-OH is 1. The Labute approximate surface area is 117 Å². The van der Waals surface area contributed by atoms with E-state index in [2.05, 4.69) is 0 Å². The average molecular weight is 299 g/mol. The monoisotopic (exact) mass is 299 g/mol. The van der Waals surface area contributed by atoms with Crippen molar-refractivity contribution in [2.45, 2.75) is 24.7 Å². The number of hydrogen-bond donors (Lipinski definition) is 2. The summed E-state index contributed by atoms with van der Waals surface area (Å²) < 4.78 is 25.8. The molecule has 0 spiro atoms. The van der Waals surface area contributed by atoms with Crippen LogP contribution in [0, 0.1) is 0 Å². The maximum atomic E-state index is 12.2. The second kappa shape index (κ2) is 5.90. The number of carbonyl (C=O) groups is 1. The number of piperidine rings is 1. The SMILES string of the molecule is O=C(O)c1cccc(CS(=O)(=O)N2CCCC(O)C2)c1. The predicted molar refractivity (Wildman–Crippen MR) is 72.8 cm³/mol. The normalized spacial score (nSPS) is 20.8. The third-order valence-corrected chi connectivity index (χ3v) is 5.09. The van der Waals surface area contributed by atoms with Crippen LogP contribution in [0.25, 0.3) is 0 Å². The molecule has 20 heavy (non-hydrogen) atoms. The number of aliphatic hydroxyl groups is 1. The van der Waals surface area contributed by atoms with Gasteiger partial charge in [-0.15, -0.1) is 0 Å². The van der Waals surface area contributed by atoms with E-state index in [4.69, 9.17) is 5.11 Å². The van der Waals surface area contributed by atoms with Crippen LogP contribution in [0.5, 0.6) is 0 Å². The molecule has 2 N–H and O–H groups in total. The third kappa shape index (κ3) is 3.56. The highest BCUT2D eigenvalue weighted by Crippen LogP contribution is 2.18. The van der Waals surface area contributed by atoms with Gasteiger partial charge in [-0.25, -0.2) is 13.2 Å². The van der Waals surface area contributed by atoms with Gasteiger partial charge in [0.05, 0.1) is 17.4 Å². The van der Waals surface area contributed by atoms with E-state index in [-0.39, 0.29) is 17.9 Å². The van der Waals surface area contributed by atoms with Gasteiger partial charge in [0.15, 0.2) is 0 Å². The molecule has 2 rings (SSSR count). The van der Waals surface area contributed by atoms with Crippen molar-refractivity contribution in [1.29, 1.82) is 0 Å². The Bertz CT molecular complexity index is 599. The lowest BCUT2D eigenvalue weighted by Crippen LogP contribution is -2.42. The molecule has 7 heteroatoms. The fourth-order valence-electron chi connectivity index (χ4n) is 2.27. The number of nitrogens with zero attached hydrogens (tertiary/aromatic N) is 1. The molecule has 1 aliphatic rings. The zero-order valence-corrected chi connectivity index (χ0v) is 11.7. The summed E-state index contributed by atoms with van der Waals surface area (Å²) in [5.41, 5.74) is 0.501. The summed E-state index contributed by atoms with van der Waals surface area (Å²) in [5, 5.41) is 18.4. The minimum Gasteiger partial charge on any atom is -0.478 e. The first-order valence-corrected chi connectivity index (χ1v) is 7.97. The van der Waals surface area contributed by atoms with Crippen LogP contribution < -0.4 is 0 Å². The highest BCUT2D eigenvalue weighted by atomic mass is 32.2. The molecular weight excluding hydrogens is 282 g/mol. The molecule has 0 aromatic heterocycles. The first-order chi connectivity index (χ1) is 9.38. The molecule has 1 atom stereocenters. The molecule has 1 heterocycles. The number of carboxylic acids is 1. The number of benzene rings is 1. The molecule has 1 aliphatic heterocycles. The second-order valence-corrected chi connectivity index (χ2v) is 6.88. The molecule has 1 aromatic carbocycles. The molecule has 0 bridgehead atoms. The summed E-state index contributed by atoms with van der Waals surface area (Å²) >= 11 is 0. The maximum Gasteiger partial charge on any atom is 0.335 e. The number of sulfonamides is 1. The van der Waals surface area contributed by atoms with Gasteiger partial charge < -0.3 is 10.2 Å². The van der Waals surface area contributed by atoms with Gasteiger partial charge in [0.1, 0.15) is 0 Å². The minimum absolute atomic E-state index is 0.0661. The summed E-state index contributed by atoms with van der Waals surface area (Å²) in [6.45, 7) is 0.513. The molecule has 1 unspecified atom stereocenters. The van der Waals surface area contributed by atoms with Gasteiger partial charge >= 0.3 is 5.97 Å². The Morgan fingerprint density at radius 3 is 2.80 bits per heavy atom. The summed E-state index contributed by atoms with van der Waals surface area (Å²) in [7, 11) is -3.53. The number of aromatic carboxylic acids is 1. The molecule has 6 nitrogen and oxygen atoms in total. The lowest BCUT2D eigenvalue weighted by atomic mass is 10.1. The van der Waals surface area contributed by atoms with Gasteiger partial charge in [-0.2, -0.15) is 4.31 Å². The van der Waals surface area contributed by atoms with Crippen LogP contribution in [-0.4, -0.2) is 48.1 Å². The molecule has 0 aliphatic carbocycles. The molecular formula is C13H17NO5S. The Kier molecular flexibility index (Phi) is 4.42. The minimum atomic E-state index is -3.53. The van der Waals surface area contributed by atoms with Gasteiger partial charge in [0.2, 0.25) is 10.0 Å². The van der Waals surface area contributed by atoms with Crippen LogP contribution in [0.4, 0.5) is 0 Å². The zero-order valence-electron chi connectivity index (χ0n) is 10.9. The molecule has 0 saturated carbocycles. The van der Waals surface area contributed by atoms with E-state index in [9.17, 15) is 18.3 Å². The maximum absolute atomic E-state index is 12.2. The van der Waals surface area contributed by atoms with Gasteiger partial charge in [-0.05, 0) is 30.5 Å². The lowest BCUT2D eigenvalue weighted by molar-refractivity contribution is 0.0696. The van der Waals surface area contributed by atoms with Crippen LogP contribution in [-0.2, 0) is 15.8 Å². The van der Waals surface area contributed by atoms with E-state index in [1.165, 1.54) is 22.5 Å². The quantitative estimate of drug-likeness (QED) is 0.852. The topological polar surface area (TPSA) is 94.9 Å². The van der Waals surface area contributed by atoms with Crippen LogP contribution >= 0.6 is 0 Å². The number of hydrogen-bond acceptors (Lipinski definition) is 4. The summed E-state index contributed by atoms with van der Waals surface area (Å²) in [4.78, 5) is 10.9. The molecule has 1 aromatic rings. The number of β-amino-alcohol motifs (C(OH)–C–C–N with tert-alkyl or cyclic N) is 1. The van der Waals surface area contributed by atoms with Gasteiger partial charge in [-0.1, -0.05) is 12.1 Å². The Morgan fingerprint density at radius 2 is 2.15 bits per heavy atom. The van der Waals surface area contributed by atoms with Crippen molar-refractivity contribution in [2.24, 2.45) is 0 Å². The number of carboxylic acid groups (broad SMARTS) is 1. The van der Waals surface area contributed by atoms with Crippen molar-refractivity contribution < 1.29 is 23.4 Å². The first kappa shape index (κ1) is 15.0. The summed E-state index contributed by atoms with van der Waals surface area (Å²) in [6, 6.07) is 5.90. The van der Waals surface area contributed by atoms with Gasteiger partial charge in [-0.3, -0.25) is 0 Å². The smallest absolute Gasteiger partial charge is 0.335 e. The van der Waals surface area contributed by atoms with Crippen molar-refractivity contribution in [2.75, 3.05) is 13.1 Å². The predicted octanol–water partition coefficient (Wildman–Crippen LogP) is 0.671. The third-order valence-electron chi connectivity index (χ3n) is 3.28. The van der Waals surface area contributed by atoms with Crippen LogP contribution in [0.15, 0.2) is 24.3 Å². The summed E-state index contributed by atoms with van der Waals surface area (Å²) in [5.74, 6) is -1.33. The van der Waals surface area contributed by atoms with Crippen molar-refractivity contribution in [3.8, 4) is 0 Å². The fourth-order valence-corrected chi connectivity index (χ4v) is 3.86. The highest BCUT2D eigenvalue weighted by molar-refractivity contribution is 7.88. The molecule has 0 radical (unpaired) electrons. The van der Waals surface area contributed by atoms with Crippen molar-refractivity contribution in [1.82, 2.24) is 4.31 Å². The van der Waals surface area contributed by atoms with Crippen molar-refractivity contribution in [3.05, 3.63) is 35.4 Å². The highest BCUT2D eigenvalue weighted by Gasteiger charge is 2.28. The first-order valence-electron chi connectivity index (χ1n) is 6.36. The summed E-state index contributed by atoms with van der Waals surface area (Å²) in [6.07, 6.45) is 0.625. The van der Waals surface area contributed by atoms with Crippen molar-refractivity contribution in [3.63, 3.8) is 0 Å². The molecule has 0 amide bonds. The van der Waals surface area contributed by atoms with E-state index in [1.54, 1.807) is 6.07 Å². The Hall–Kier alpha value is -1.44. The van der Waals surface area contributed by atoms with E-state index in [0.29, 0.717) is 24.9 Å². The Morgan fingerprint density at radius 1 is 1.40 bits per heavy atom. The van der Waals surface area contributed by atoms with Gasteiger partial charge in [0.25, 0.3) is 0 Å². The van der Waals surface area contributed by atoms with Crippen LogP contribution in [0.1, 0.15) is 28.8 Å². The van der Waals surface area contributed by atoms with Crippen molar-refractivity contribution >= 4 is 16.0 Å². The van der Waals surface area contributed by atoms with Crippen LogP contribution in [0.2, 0.25) is 0 Å². The van der Waals surface area contributed by atoms with E-state index < -0.39 is 22.1 Å². The number of rotatable bonds is 4. The second-order valence-electron chi connectivity index (χ2n) is 4.92. The zero-order chi connectivity index (χ0) is 14.8. The molecule has 110 valence electrons. The lowest BCUT2D eigenvalue weighted by Gasteiger charge is -2.29. The molecule has 1 fully saturated rings. The molecule has 1 saturated heterocycles. The van der Waals surface area contributed by atoms with Crippen LogP contribution in [0.3, 0.4) is 0 Å². The van der Waals surface area contributed by atoms with E-state index in [0.717, 1.165) is 0 Å².